The lowest BCUT2D eigenvalue weighted by molar-refractivity contribution is 0.0485. The van der Waals surface area contributed by atoms with Gasteiger partial charge < -0.3 is 15.0 Å². The SMILES string of the molecule is O=C(c1cccnc1)N1CC[C@]2(COCc3cnc(NCC4CC4)nc32)C1. The van der Waals surface area contributed by atoms with Crippen LogP contribution in [0.1, 0.15) is 40.9 Å². The van der Waals surface area contributed by atoms with Gasteiger partial charge in [-0.2, -0.15) is 0 Å². The van der Waals surface area contributed by atoms with Crippen LogP contribution in [-0.4, -0.2) is 52.0 Å². The minimum Gasteiger partial charge on any atom is -0.376 e. The van der Waals surface area contributed by atoms with Crippen LogP contribution in [0.3, 0.4) is 0 Å². The number of likely N-dealkylation sites (tertiary alicyclic amines) is 1. The number of fused-ring (bicyclic) bond motifs is 2. The summed E-state index contributed by atoms with van der Waals surface area (Å²) in [7, 11) is 0. The molecule has 1 spiro atoms. The molecular weight excluding hydrogens is 342 g/mol. The number of nitrogens with one attached hydrogen (secondary N) is 1. The zero-order valence-corrected chi connectivity index (χ0v) is 15.2. The highest BCUT2D eigenvalue weighted by atomic mass is 16.5. The molecule has 0 bridgehead atoms. The van der Waals surface area contributed by atoms with Crippen LogP contribution in [0, 0.1) is 5.92 Å². The van der Waals surface area contributed by atoms with Crippen LogP contribution in [0.2, 0.25) is 0 Å². The first-order chi connectivity index (χ1) is 13.2. The van der Waals surface area contributed by atoms with Gasteiger partial charge in [0.1, 0.15) is 0 Å². The van der Waals surface area contributed by atoms with Gasteiger partial charge in [0.2, 0.25) is 5.95 Å². The number of amides is 1. The number of hydrogen-bond donors (Lipinski definition) is 1. The van der Waals surface area contributed by atoms with Crippen LogP contribution >= 0.6 is 0 Å². The van der Waals surface area contributed by atoms with Crippen LogP contribution in [-0.2, 0) is 16.8 Å². The smallest absolute Gasteiger partial charge is 0.255 e. The van der Waals surface area contributed by atoms with E-state index in [9.17, 15) is 4.79 Å². The van der Waals surface area contributed by atoms with E-state index in [-0.39, 0.29) is 11.3 Å². The topological polar surface area (TPSA) is 80.2 Å². The van der Waals surface area contributed by atoms with Crippen molar-refractivity contribution in [3.63, 3.8) is 0 Å². The number of nitrogens with zero attached hydrogens (tertiary/aromatic N) is 4. The van der Waals surface area contributed by atoms with E-state index in [1.54, 1.807) is 18.5 Å². The van der Waals surface area contributed by atoms with Crippen LogP contribution in [0.15, 0.2) is 30.7 Å². The third kappa shape index (κ3) is 3.16. The molecule has 0 unspecified atom stereocenters. The molecule has 2 aromatic rings. The third-order valence-electron chi connectivity index (χ3n) is 5.80. The highest BCUT2D eigenvalue weighted by Crippen LogP contribution is 2.39. The summed E-state index contributed by atoms with van der Waals surface area (Å²) in [5.74, 6) is 1.48. The standard InChI is InChI=1S/C20H23N5O2/c26-18(15-2-1-6-21-9-15)25-7-5-20(12-25)13-27-11-16-10-23-19(24-17(16)20)22-8-14-3-4-14/h1-2,6,9-10,14H,3-5,7-8,11-13H2,(H,22,23,24)/t20-/m1/s1. The van der Waals surface area contributed by atoms with Crippen LogP contribution in [0.25, 0.3) is 0 Å². The Morgan fingerprint density at radius 3 is 3.11 bits per heavy atom. The van der Waals surface area contributed by atoms with Gasteiger partial charge in [-0.15, -0.1) is 0 Å². The number of carbonyl (C=O) groups is 1. The molecule has 7 heteroatoms. The molecule has 1 amide bonds. The molecule has 2 aliphatic heterocycles. The van der Waals surface area contributed by atoms with Gasteiger partial charge in [0, 0.05) is 43.8 Å². The first-order valence-corrected chi connectivity index (χ1v) is 9.61. The van der Waals surface area contributed by atoms with E-state index in [0.29, 0.717) is 37.8 Å². The summed E-state index contributed by atoms with van der Waals surface area (Å²) in [6.45, 7) is 3.39. The van der Waals surface area contributed by atoms with E-state index in [1.165, 1.54) is 12.8 Å². The molecule has 1 saturated heterocycles. The number of pyridine rings is 1. The maximum absolute atomic E-state index is 12.8. The predicted molar refractivity (Wildman–Crippen MR) is 99.3 cm³/mol. The zero-order chi connectivity index (χ0) is 18.3. The van der Waals surface area contributed by atoms with Crippen molar-refractivity contribution in [1.29, 1.82) is 0 Å². The van der Waals surface area contributed by atoms with Crippen molar-refractivity contribution in [2.75, 3.05) is 31.6 Å². The first-order valence-electron chi connectivity index (χ1n) is 9.61. The highest BCUT2D eigenvalue weighted by molar-refractivity contribution is 5.94. The van der Waals surface area contributed by atoms with Gasteiger partial charge in [0.15, 0.2) is 0 Å². The number of anilines is 1. The molecule has 2 aromatic heterocycles. The highest BCUT2D eigenvalue weighted by Gasteiger charge is 2.46. The zero-order valence-electron chi connectivity index (χ0n) is 15.2. The maximum atomic E-state index is 12.8. The lowest BCUT2D eigenvalue weighted by Gasteiger charge is -2.34. The fraction of sp³-hybridized carbons (Fsp3) is 0.500. The normalized spacial score (nSPS) is 24.1. The van der Waals surface area contributed by atoms with Crippen molar-refractivity contribution < 1.29 is 9.53 Å². The summed E-state index contributed by atoms with van der Waals surface area (Å²) in [6, 6.07) is 3.61. The summed E-state index contributed by atoms with van der Waals surface area (Å²) in [5, 5.41) is 3.37. The average molecular weight is 365 g/mol. The van der Waals surface area contributed by atoms with Crippen molar-refractivity contribution in [3.8, 4) is 0 Å². The van der Waals surface area contributed by atoms with Crippen LogP contribution in [0.4, 0.5) is 5.95 Å². The van der Waals surface area contributed by atoms with Gasteiger partial charge in [-0.05, 0) is 37.3 Å². The van der Waals surface area contributed by atoms with Gasteiger partial charge in [-0.3, -0.25) is 9.78 Å². The molecule has 1 atom stereocenters. The van der Waals surface area contributed by atoms with Gasteiger partial charge in [-0.1, -0.05) is 0 Å². The Balaban J connectivity index is 1.39. The number of hydrogen-bond acceptors (Lipinski definition) is 6. The Kier molecular flexibility index (Phi) is 4.04. The second-order valence-electron chi connectivity index (χ2n) is 7.88. The van der Waals surface area contributed by atoms with Crippen LogP contribution < -0.4 is 5.32 Å². The van der Waals surface area contributed by atoms with Gasteiger partial charge in [0.05, 0.1) is 29.9 Å². The lowest BCUT2D eigenvalue weighted by atomic mass is 9.80. The molecule has 1 saturated carbocycles. The number of ether oxygens (including phenoxy) is 1. The Morgan fingerprint density at radius 1 is 1.37 bits per heavy atom. The van der Waals surface area contributed by atoms with Gasteiger partial charge >= 0.3 is 0 Å². The summed E-state index contributed by atoms with van der Waals surface area (Å²) in [6.07, 6.45) is 8.62. The predicted octanol–water partition coefficient (Wildman–Crippen LogP) is 2.01. The largest absolute Gasteiger partial charge is 0.376 e. The molecule has 4 heterocycles. The minimum atomic E-state index is -0.246. The third-order valence-corrected chi connectivity index (χ3v) is 5.80. The summed E-state index contributed by atoms with van der Waals surface area (Å²) in [5.41, 5.74) is 2.46. The number of rotatable bonds is 4. The summed E-state index contributed by atoms with van der Waals surface area (Å²) in [4.78, 5) is 28.1. The van der Waals surface area contributed by atoms with E-state index in [1.807, 2.05) is 17.2 Å². The molecule has 27 heavy (non-hydrogen) atoms. The van der Waals surface area contributed by atoms with Gasteiger partial charge in [0.25, 0.3) is 5.91 Å². The van der Waals surface area contributed by atoms with E-state index >= 15 is 0 Å². The Morgan fingerprint density at radius 2 is 2.30 bits per heavy atom. The van der Waals surface area contributed by atoms with Crippen molar-refractivity contribution >= 4 is 11.9 Å². The van der Waals surface area contributed by atoms with E-state index in [0.717, 1.165) is 30.1 Å². The van der Waals surface area contributed by atoms with Crippen LogP contribution in [0.5, 0.6) is 0 Å². The second-order valence-corrected chi connectivity index (χ2v) is 7.88. The Labute approximate surface area is 158 Å². The Hall–Kier alpha value is -2.54. The molecule has 1 aliphatic carbocycles. The fourth-order valence-electron chi connectivity index (χ4n) is 4.07. The van der Waals surface area contributed by atoms with Gasteiger partial charge in [-0.25, -0.2) is 9.97 Å². The molecule has 0 aromatic carbocycles. The van der Waals surface area contributed by atoms with E-state index in [2.05, 4.69) is 15.3 Å². The molecule has 1 N–H and O–H groups in total. The quantitative estimate of drug-likeness (QED) is 0.893. The van der Waals surface area contributed by atoms with Crippen molar-refractivity contribution in [2.24, 2.45) is 5.92 Å². The average Bonchev–Trinajstić information content (AvgIpc) is 3.46. The summed E-state index contributed by atoms with van der Waals surface area (Å²) >= 11 is 0. The first kappa shape index (κ1) is 16.6. The lowest BCUT2D eigenvalue weighted by Crippen LogP contribution is -2.41. The molecule has 2 fully saturated rings. The number of aromatic nitrogens is 3. The molecular formula is C20H23N5O2. The molecule has 5 rings (SSSR count). The molecule has 0 radical (unpaired) electrons. The molecule has 3 aliphatic rings. The Bertz CT molecular complexity index is 855. The van der Waals surface area contributed by atoms with Crippen molar-refractivity contribution in [2.45, 2.75) is 31.3 Å². The molecule has 140 valence electrons. The van der Waals surface area contributed by atoms with Crippen molar-refractivity contribution in [3.05, 3.63) is 47.5 Å². The maximum Gasteiger partial charge on any atom is 0.255 e. The fourth-order valence-corrected chi connectivity index (χ4v) is 4.07. The van der Waals surface area contributed by atoms with E-state index in [4.69, 9.17) is 9.72 Å². The summed E-state index contributed by atoms with van der Waals surface area (Å²) < 4.78 is 5.86. The van der Waals surface area contributed by atoms with Crippen molar-refractivity contribution in [1.82, 2.24) is 19.9 Å². The van der Waals surface area contributed by atoms with E-state index < -0.39 is 0 Å². The molecule has 7 nitrogen and oxygen atoms in total. The monoisotopic (exact) mass is 365 g/mol. The number of carbonyl (C=O) groups excluding carboxylic acids is 1. The second kappa shape index (κ2) is 6.56. The minimum absolute atomic E-state index is 0.0215.